The zero-order valence-electron chi connectivity index (χ0n) is 15.9. The van der Waals surface area contributed by atoms with Crippen LogP contribution in [0.15, 0.2) is 36.4 Å². The Bertz CT molecular complexity index is 822. The Hall–Kier alpha value is -2.27. The third kappa shape index (κ3) is 4.92. The Labute approximate surface area is 159 Å². The van der Waals surface area contributed by atoms with Crippen molar-refractivity contribution < 1.29 is 18.9 Å². The molecule has 0 spiro atoms. The number of nitrogens with one attached hydrogen (secondary N) is 1. The number of carbonyl (C=O) groups excluding carboxylic acids is 1. The molecule has 1 aliphatic carbocycles. The molecule has 0 aromatic heterocycles. The van der Waals surface area contributed by atoms with E-state index in [1.165, 1.54) is 30.0 Å². The Morgan fingerprint density at radius 3 is 2.44 bits per heavy atom. The molecular weight excluding hydrogens is 346 g/mol. The van der Waals surface area contributed by atoms with Gasteiger partial charge in [0.25, 0.3) is 5.91 Å². The number of nitrogens with two attached hydrogens (primary N) is 1. The van der Waals surface area contributed by atoms with Crippen LogP contribution in [0, 0.1) is 11.6 Å². The third-order valence-electron chi connectivity index (χ3n) is 5.38. The van der Waals surface area contributed by atoms with Crippen molar-refractivity contribution in [3.8, 4) is 0 Å². The van der Waals surface area contributed by atoms with Crippen LogP contribution in [0.1, 0.15) is 61.0 Å². The summed E-state index contributed by atoms with van der Waals surface area (Å²) in [5, 5.41) is 4.85. The van der Waals surface area contributed by atoms with E-state index in [2.05, 4.69) is 23.5 Å². The summed E-state index contributed by atoms with van der Waals surface area (Å²) in [5.41, 5.74) is 4.61. The maximum absolute atomic E-state index is 13.3. The highest BCUT2D eigenvalue weighted by Crippen LogP contribution is 2.24. The van der Waals surface area contributed by atoms with Gasteiger partial charge in [0.05, 0.1) is 6.04 Å². The van der Waals surface area contributed by atoms with Gasteiger partial charge < -0.3 is 10.6 Å². The minimum Gasteiger partial charge on any atom is -0.345 e. The van der Waals surface area contributed by atoms with E-state index >= 15 is 0 Å². The zero-order valence-corrected chi connectivity index (χ0v) is 15.9. The summed E-state index contributed by atoms with van der Waals surface area (Å²) in [6.45, 7) is 4.09. The second-order valence-corrected chi connectivity index (χ2v) is 7.43. The molecule has 2 aromatic rings. The largest absolute Gasteiger partial charge is 0.345 e. The summed E-state index contributed by atoms with van der Waals surface area (Å²) in [5.74, 6) is -1.80. The molecule has 144 valence electrons. The quantitative estimate of drug-likeness (QED) is 0.801. The normalized spacial score (nSPS) is 15.7. The average Bonchev–Trinajstić information content (AvgIpc) is 2.67. The maximum Gasteiger partial charge on any atom is 0.275 e. The molecule has 0 bridgehead atoms. The van der Waals surface area contributed by atoms with Crippen molar-refractivity contribution in [1.82, 2.24) is 5.32 Å². The van der Waals surface area contributed by atoms with E-state index < -0.39 is 11.6 Å². The number of hydrogen-bond acceptors (Lipinski definition) is 1. The number of benzene rings is 2. The van der Waals surface area contributed by atoms with Crippen LogP contribution in [0.5, 0.6) is 0 Å². The molecule has 0 saturated heterocycles. The van der Waals surface area contributed by atoms with E-state index in [1.807, 2.05) is 19.2 Å². The van der Waals surface area contributed by atoms with Crippen LogP contribution in [0.2, 0.25) is 0 Å². The summed E-state index contributed by atoms with van der Waals surface area (Å²) >= 11 is 0. The third-order valence-corrected chi connectivity index (χ3v) is 5.38. The van der Waals surface area contributed by atoms with E-state index in [4.69, 9.17) is 0 Å². The van der Waals surface area contributed by atoms with Crippen LogP contribution in [0.3, 0.4) is 0 Å². The molecule has 3 nitrogen and oxygen atoms in total. The lowest BCUT2D eigenvalue weighted by Gasteiger charge is -2.20. The van der Waals surface area contributed by atoms with Crippen LogP contribution in [-0.4, -0.2) is 12.5 Å². The number of hydrogen-bond donors (Lipinski definition) is 2. The van der Waals surface area contributed by atoms with Crippen molar-refractivity contribution >= 4 is 5.91 Å². The van der Waals surface area contributed by atoms with Gasteiger partial charge in [0.1, 0.15) is 6.04 Å². The smallest absolute Gasteiger partial charge is 0.275 e. The summed E-state index contributed by atoms with van der Waals surface area (Å²) in [6, 6.07) is 10.2. The van der Waals surface area contributed by atoms with E-state index in [-0.39, 0.29) is 24.5 Å². The predicted octanol–water partition coefficient (Wildman–Crippen LogP) is 3.35. The van der Waals surface area contributed by atoms with Gasteiger partial charge in [-0.25, -0.2) is 8.78 Å². The van der Waals surface area contributed by atoms with Gasteiger partial charge in [-0.1, -0.05) is 18.2 Å². The molecule has 2 atom stereocenters. The van der Waals surface area contributed by atoms with E-state index in [9.17, 15) is 13.6 Å². The second-order valence-electron chi connectivity index (χ2n) is 7.43. The number of amides is 1. The fraction of sp³-hybridized carbons (Fsp3) is 0.409. The van der Waals surface area contributed by atoms with Gasteiger partial charge >= 0.3 is 0 Å². The lowest BCUT2D eigenvalue weighted by molar-refractivity contribution is -0.682. The van der Waals surface area contributed by atoms with Crippen LogP contribution >= 0.6 is 0 Å². The Kier molecular flexibility index (Phi) is 6.22. The number of halogens is 2. The number of aryl methyl sites for hydroxylation is 2. The number of fused-ring (bicyclic) bond motifs is 1. The second kappa shape index (κ2) is 8.61. The molecule has 3 rings (SSSR count). The summed E-state index contributed by atoms with van der Waals surface area (Å²) in [6.07, 6.45) is 4.75. The van der Waals surface area contributed by atoms with Crippen LogP contribution in [-0.2, 0) is 17.6 Å². The van der Waals surface area contributed by atoms with Crippen molar-refractivity contribution in [3.05, 3.63) is 70.3 Å². The first-order valence-electron chi connectivity index (χ1n) is 9.63. The molecular formula is C22H27F2N2O+. The topological polar surface area (TPSA) is 45.7 Å². The minimum absolute atomic E-state index is 0.0586. The van der Waals surface area contributed by atoms with Gasteiger partial charge in [0, 0.05) is 5.56 Å². The predicted molar refractivity (Wildman–Crippen MR) is 101 cm³/mol. The summed E-state index contributed by atoms with van der Waals surface area (Å²) in [4.78, 5) is 12.3. The molecule has 0 radical (unpaired) electrons. The van der Waals surface area contributed by atoms with Crippen molar-refractivity contribution in [2.75, 3.05) is 6.54 Å². The first-order valence-corrected chi connectivity index (χ1v) is 9.63. The standard InChI is InChI=1S/C22H26F2N2O/c1-14(18-9-10-20(23)21(24)12-18)25-13-22(27)26-15(2)17-8-7-16-5-3-4-6-19(16)11-17/h7-12,14-15,25H,3-6,13H2,1-2H3,(H,26,27)/p+1/t14-,15+/m0/s1. The molecule has 0 fully saturated rings. The van der Waals surface area contributed by atoms with Crippen LogP contribution in [0.4, 0.5) is 8.78 Å². The van der Waals surface area contributed by atoms with Gasteiger partial charge in [-0.3, -0.25) is 4.79 Å². The molecule has 0 saturated carbocycles. The molecule has 0 unspecified atom stereocenters. The number of rotatable bonds is 6. The summed E-state index contributed by atoms with van der Waals surface area (Å²) in [7, 11) is 0. The van der Waals surface area contributed by atoms with Gasteiger partial charge in [-0.2, -0.15) is 0 Å². The van der Waals surface area contributed by atoms with Crippen molar-refractivity contribution in [2.45, 2.75) is 51.6 Å². The first-order chi connectivity index (χ1) is 12.9. The Morgan fingerprint density at radius 2 is 1.70 bits per heavy atom. The Balaban J connectivity index is 1.53. The van der Waals surface area contributed by atoms with Crippen molar-refractivity contribution in [1.29, 1.82) is 0 Å². The highest BCUT2D eigenvalue weighted by atomic mass is 19.2. The van der Waals surface area contributed by atoms with Gasteiger partial charge in [-0.05, 0) is 74.4 Å². The molecule has 2 aromatic carbocycles. The molecule has 5 heteroatoms. The molecule has 0 heterocycles. The van der Waals surface area contributed by atoms with Gasteiger partial charge in [0.15, 0.2) is 18.2 Å². The highest BCUT2D eigenvalue weighted by Gasteiger charge is 2.17. The fourth-order valence-electron chi connectivity index (χ4n) is 3.62. The maximum atomic E-state index is 13.3. The monoisotopic (exact) mass is 373 g/mol. The Morgan fingerprint density at radius 1 is 1.00 bits per heavy atom. The lowest BCUT2D eigenvalue weighted by atomic mass is 9.89. The SMILES string of the molecule is C[C@H]([NH2+]CC(=O)N[C@H](C)c1ccc2c(c1)CCCC2)c1ccc(F)c(F)c1. The van der Waals surface area contributed by atoms with Crippen molar-refractivity contribution in [3.63, 3.8) is 0 Å². The fourth-order valence-corrected chi connectivity index (χ4v) is 3.62. The van der Waals surface area contributed by atoms with E-state index in [1.54, 1.807) is 6.07 Å². The average molecular weight is 373 g/mol. The van der Waals surface area contributed by atoms with E-state index in [0.29, 0.717) is 5.56 Å². The van der Waals surface area contributed by atoms with Crippen LogP contribution in [0.25, 0.3) is 0 Å². The van der Waals surface area contributed by atoms with E-state index in [0.717, 1.165) is 24.5 Å². The highest BCUT2D eigenvalue weighted by molar-refractivity contribution is 5.77. The van der Waals surface area contributed by atoms with Gasteiger partial charge in [0.2, 0.25) is 0 Å². The molecule has 3 N–H and O–H groups in total. The van der Waals surface area contributed by atoms with Crippen molar-refractivity contribution in [2.24, 2.45) is 0 Å². The molecule has 0 aliphatic heterocycles. The number of quaternary nitrogens is 1. The minimum atomic E-state index is -0.863. The number of carbonyl (C=O) groups is 1. The zero-order chi connectivity index (χ0) is 19.4. The summed E-state index contributed by atoms with van der Waals surface area (Å²) < 4.78 is 26.4. The molecule has 1 aliphatic rings. The van der Waals surface area contributed by atoms with Gasteiger partial charge in [-0.15, -0.1) is 0 Å². The molecule has 1 amide bonds. The lowest BCUT2D eigenvalue weighted by Crippen LogP contribution is -2.87. The molecule has 27 heavy (non-hydrogen) atoms. The first kappa shape index (κ1) is 19.5. The van der Waals surface area contributed by atoms with Crippen LogP contribution < -0.4 is 10.6 Å².